The van der Waals surface area contributed by atoms with Crippen molar-refractivity contribution in [2.45, 2.75) is 0 Å². The Morgan fingerprint density at radius 3 is 2.47 bits per heavy atom. The molecule has 0 aliphatic rings. The molecule has 1 aromatic carbocycles. The summed E-state index contributed by atoms with van der Waals surface area (Å²) in [6.07, 6.45) is 1.79. The molecule has 0 aromatic heterocycles. The monoisotopic (exact) mass is 203 g/mol. The molecule has 1 rings (SSSR count). The third-order valence-electron chi connectivity index (χ3n) is 1.90. The predicted molar refractivity (Wildman–Crippen MR) is 58.5 cm³/mol. The van der Waals surface area contributed by atoms with Gasteiger partial charge in [0.05, 0.1) is 25.4 Å². The van der Waals surface area contributed by atoms with Crippen molar-refractivity contribution >= 4 is 6.08 Å². The maximum Gasteiger partial charge on any atom is 0.118 e. The van der Waals surface area contributed by atoms with Gasteiger partial charge in [0, 0.05) is 7.11 Å². The Morgan fingerprint density at radius 1 is 1.33 bits per heavy atom. The van der Waals surface area contributed by atoms with Gasteiger partial charge in [-0.05, 0) is 23.8 Å². The predicted octanol–water partition coefficient (Wildman–Crippen LogP) is 2.25. The number of hydrogen-bond acceptors (Lipinski definition) is 3. The van der Waals surface area contributed by atoms with Crippen LogP contribution in [0.5, 0.6) is 5.75 Å². The summed E-state index contributed by atoms with van der Waals surface area (Å²) >= 11 is 0. The highest BCUT2D eigenvalue weighted by Gasteiger charge is 1.96. The van der Waals surface area contributed by atoms with Crippen LogP contribution in [0.15, 0.2) is 29.8 Å². The van der Waals surface area contributed by atoms with Crippen LogP contribution in [0.3, 0.4) is 0 Å². The van der Waals surface area contributed by atoms with Crippen molar-refractivity contribution in [1.29, 1.82) is 5.26 Å². The summed E-state index contributed by atoms with van der Waals surface area (Å²) in [6, 6.07) is 9.58. The largest absolute Gasteiger partial charge is 0.497 e. The Hall–Kier alpha value is -1.79. The average Bonchev–Trinajstić information content (AvgIpc) is 2.29. The van der Waals surface area contributed by atoms with E-state index in [1.807, 2.05) is 24.3 Å². The highest BCUT2D eigenvalue weighted by Crippen LogP contribution is 2.13. The molecule has 0 N–H and O–H groups in total. The third kappa shape index (κ3) is 3.45. The summed E-state index contributed by atoms with van der Waals surface area (Å²) in [4.78, 5) is 0. The molecule has 0 heterocycles. The Morgan fingerprint density at radius 2 is 2.00 bits per heavy atom. The molecule has 15 heavy (non-hydrogen) atoms. The molecule has 0 saturated carbocycles. The Kier molecular flexibility index (Phi) is 4.39. The Bertz CT molecular complexity index is 374. The fraction of sp³-hybridized carbons (Fsp3) is 0.250. The van der Waals surface area contributed by atoms with Crippen LogP contribution in [0.2, 0.25) is 0 Å². The van der Waals surface area contributed by atoms with E-state index < -0.39 is 0 Å². The summed E-state index contributed by atoms with van der Waals surface area (Å²) in [5, 5.41) is 8.80. The minimum atomic E-state index is 0.336. The van der Waals surface area contributed by atoms with Crippen molar-refractivity contribution in [2.75, 3.05) is 20.8 Å². The molecule has 0 spiro atoms. The smallest absolute Gasteiger partial charge is 0.118 e. The molecule has 0 radical (unpaired) electrons. The number of hydrogen-bond donors (Lipinski definition) is 0. The SMILES string of the molecule is COCC(C#N)=Cc1ccc(OC)cc1. The molecule has 78 valence electrons. The lowest BCUT2D eigenvalue weighted by molar-refractivity contribution is 0.229. The van der Waals surface area contributed by atoms with Crippen LogP contribution in [-0.4, -0.2) is 20.8 Å². The molecule has 0 unspecified atom stereocenters. The normalized spacial score (nSPS) is 10.9. The molecular weight excluding hydrogens is 190 g/mol. The standard InChI is InChI=1S/C12H13NO2/c1-14-9-11(8-13)7-10-3-5-12(15-2)6-4-10/h3-7H,9H2,1-2H3. The summed E-state index contributed by atoms with van der Waals surface area (Å²) in [7, 11) is 3.19. The maximum atomic E-state index is 8.80. The van der Waals surface area contributed by atoms with Crippen LogP contribution in [0.4, 0.5) is 0 Å². The minimum Gasteiger partial charge on any atom is -0.497 e. The zero-order valence-electron chi connectivity index (χ0n) is 8.86. The first kappa shape index (κ1) is 11.3. The van der Waals surface area contributed by atoms with E-state index >= 15 is 0 Å². The van der Waals surface area contributed by atoms with Gasteiger partial charge >= 0.3 is 0 Å². The first-order chi connectivity index (χ1) is 7.30. The van der Waals surface area contributed by atoms with Gasteiger partial charge < -0.3 is 9.47 Å². The van der Waals surface area contributed by atoms with Crippen molar-refractivity contribution in [2.24, 2.45) is 0 Å². The zero-order valence-corrected chi connectivity index (χ0v) is 8.86. The van der Waals surface area contributed by atoms with Crippen LogP contribution in [0.25, 0.3) is 6.08 Å². The number of methoxy groups -OCH3 is 2. The van der Waals surface area contributed by atoms with Crippen molar-refractivity contribution < 1.29 is 9.47 Å². The van der Waals surface area contributed by atoms with Crippen LogP contribution in [0.1, 0.15) is 5.56 Å². The lowest BCUT2D eigenvalue weighted by Crippen LogP contribution is -1.91. The molecule has 0 fully saturated rings. The summed E-state index contributed by atoms with van der Waals surface area (Å²) in [5.41, 5.74) is 1.56. The van der Waals surface area contributed by atoms with Gasteiger partial charge in [-0.25, -0.2) is 0 Å². The molecule has 3 heteroatoms. The van der Waals surface area contributed by atoms with E-state index in [4.69, 9.17) is 14.7 Å². The van der Waals surface area contributed by atoms with Gasteiger partial charge in [0.2, 0.25) is 0 Å². The fourth-order valence-electron chi connectivity index (χ4n) is 1.16. The summed E-state index contributed by atoms with van der Waals surface area (Å²) in [6.45, 7) is 0.336. The van der Waals surface area contributed by atoms with Gasteiger partial charge in [-0.15, -0.1) is 0 Å². The molecule has 0 aliphatic carbocycles. The second-order valence-corrected chi connectivity index (χ2v) is 2.99. The number of nitriles is 1. The third-order valence-corrected chi connectivity index (χ3v) is 1.90. The highest BCUT2D eigenvalue weighted by molar-refractivity contribution is 5.57. The van der Waals surface area contributed by atoms with E-state index in [0.717, 1.165) is 11.3 Å². The fourth-order valence-corrected chi connectivity index (χ4v) is 1.16. The van der Waals surface area contributed by atoms with Gasteiger partial charge in [-0.3, -0.25) is 0 Å². The van der Waals surface area contributed by atoms with Gasteiger partial charge in [-0.2, -0.15) is 5.26 Å². The zero-order chi connectivity index (χ0) is 11.1. The molecular formula is C12H13NO2. The van der Waals surface area contributed by atoms with Crippen molar-refractivity contribution in [1.82, 2.24) is 0 Å². The molecule has 1 aromatic rings. The van der Waals surface area contributed by atoms with Crippen LogP contribution < -0.4 is 4.74 Å². The topological polar surface area (TPSA) is 42.2 Å². The summed E-state index contributed by atoms with van der Waals surface area (Å²) < 4.78 is 9.93. The molecule has 0 amide bonds. The molecule has 0 aliphatic heterocycles. The molecule has 3 nitrogen and oxygen atoms in total. The lowest BCUT2D eigenvalue weighted by atomic mass is 10.1. The van der Waals surface area contributed by atoms with E-state index in [1.165, 1.54) is 0 Å². The summed E-state index contributed by atoms with van der Waals surface area (Å²) in [5.74, 6) is 0.803. The quantitative estimate of drug-likeness (QED) is 0.705. The van der Waals surface area contributed by atoms with Crippen molar-refractivity contribution in [3.63, 3.8) is 0 Å². The van der Waals surface area contributed by atoms with E-state index in [0.29, 0.717) is 12.2 Å². The first-order valence-corrected chi connectivity index (χ1v) is 4.54. The highest BCUT2D eigenvalue weighted by atomic mass is 16.5. The van der Waals surface area contributed by atoms with Gasteiger partial charge in [-0.1, -0.05) is 12.1 Å². The molecule has 0 saturated heterocycles. The van der Waals surface area contributed by atoms with Gasteiger partial charge in [0.15, 0.2) is 0 Å². The first-order valence-electron chi connectivity index (χ1n) is 4.54. The van der Waals surface area contributed by atoms with E-state index in [9.17, 15) is 0 Å². The van der Waals surface area contributed by atoms with Crippen molar-refractivity contribution in [3.8, 4) is 11.8 Å². The van der Waals surface area contributed by atoms with E-state index in [-0.39, 0.29) is 0 Å². The maximum absolute atomic E-state index is 8.80. The average molecular weight is 203 g/mol. The van der Waals surface area contributed by atoms with Gasteiger partial charge in [0.25, 0.3) is 0 Å². The van der Waals surface area contributed by atoms with Gasteiger partial charge in [0.1, 0.15) is 5.75 Å². The second-order valence-electron chi connectivity index (χ2n) is 2.99. The molecule has 0 bridgehead atoms. The van der Waals surface area contributed by atoms with E-state index in [2.05, 4.69) is 6.07 Å². The number of rotatable bonds is 4. The molecule has 0 atom stereocenters. The lowest BCUT2D eigenvalue weighted by Gasteiger charge is -2.00. The number of ether oxygens (including phenoxy) is 2. The van der Waals surface area contributed by atoms with Crippen LogP contribution >= 0.6 is 0 Å². The number of nitrogens with zero attached hydrogens (tertiary/aromatic N) is 1. The van der Waals surface area contributed by atoms with Crippen molar-refractivity contribution in [3.05, 3.63) is 35.4 Å². The second kappa shape index (κ2) is 5.84. The van der Waals surface area contributed by atoms with E-state index in [1.54, 1.807) is 20.3 Å². The minimum absolute atomic E-state index is 0.336. The van der Waals surface area contributed by atoms with Crippen LogP contribution in [-0.2, 0) is 4.74 Å². The Labute approximate surface area is 89.6 Å². The number of benzene rings is 1. The Balaban J connectivity index is 2.83. The van der Waals surface area contributed by atoms with Crippen LogP contribution in [0, 0.1) is 11.3 Å².